The second kappa shape index (κ2) is 6.95. The lowest BCUT2D eigenvalue weighted by Crippen LogP contribution is -2.31. The van der Waals surface area contributed by atoms with Crippen molar-refractivity contribution in [2.75, 3.05) is 13.7 Å². The van der Waals surface area contributed by atoms with Crippen LogP contribution in [0.4, 0.5) is 0 Å². The van der Waals surface area contributed by atoms with Gasteiger partial charge in [0.25, 0.3) is 5.91 Å². The van der Waals surface area contributed by atoms with E-state index in [4.69, 9.17) is 9.26 Å². The van der Waals surface area contributed by atoms with Gasteiger partial charge < -0.3 is 14.2 Å². The molecule has 0 saturated carbocycles. The van der Waals surface area contributed by atoms with Crippen molar-refractivity contribution in [3.05, 3.63) is 60.2 Å². The predicted octanol–water partition coefficient (Wildman–Crippen LogP) is 3.12. The average Bonchev–Trinajstić information content (AvgIpc) is 3.37. The fraction of sp³-hybridized carbons (Fsp3) is 0.263. The number of para-hydroxylation sites is 1. The van der Waals surface area contributed by atoms with Crippen molar-refractivity contribution in [3.63, 3.8) is 0 Å². The zero-order valence-corrected chi connectivity index (χ0v) is 14.3. The highest BCUT2D eigenvalue weighted by Crippen LogP contribution is 2.34. The van der Waals surface area contributed by atoms with E-state index in [0.29, 0.717) is 29.7 Å². The summed E-state index contributed by atoms with van der Waals surface area (Å²) in [5.74, 6) is 1.44. The average molecular weight is 350 g/mol. The number of methoxy groups -OCH3 is 1. The molecule has 1 aliphatic heterocycles. The van der Waals surface area contributed by atoms with E-state index in [1.54, 1.807) is 36.4 Å². The molecule has 132 valence electrons. The Morgan fingerprint density at radius 3 is 2.88 bits per heavy atom. The lowest BCUT2D eigenvalue weighted by molar-refractivity contribution is 0.0704. The molecule has 2 aromatic heterocycles. The molecule has 0 spiro atoms. The van der Waals surface area contributed by atoms with Gasteiger partial charge in [-0.3, -0.25) is 9.78 Å². The Labute approximate surface area is 150 Å². The van der Waals surface area contributed by atoms with E-state index < -0.39 is 0 Å². The van der Waals surface area contributed by atoms with Crippen molar-refractivity contribution in [2.24, 2.45) is 0 Å². The van der Waals surface area contributed by atoms with E-state index in [0.717, 1.165) is 18.4 Å². The number of aromatic nitrogens is 3. The minimum atomic E-state index is -0.236. The second-order valence-corrected chi connectivity index (χ2v) is 6.03. The maximum atomic E-state index is 12.8. The molecule has 0 bridgehead atoms. The van der Waals surface area contributed by atoms with Crippen LogP contribution in [0.15, 0.2) is 53.2 Å². The largest absolute Gasteiger partial charge is 0.496 e. The smallest absolute Gasteiger partial charge is 0.273 e. The van der Waals surface area contributed by atoms with Gasteiger partial charge in [-0.1, -0.05) is 23.4 Å². The van der Waals surface area contributed by atoms with Crippen LogP contribution < -0.4 is 4.74 Å². The SMILES string of the molecule is COc1ccccc1-c1noc([C@@H]2CCCN2C(=O)c2ccccn2)n1. The van der Waals surface area contributed by atoms with Gasteiger partial charge in [0.15, 0.2) is 0 Å². The topological polar surface area (TPSA) is 81.4 Å². The van der Waals surface area contributed by atoms with Gasteiger partial charge in [-0.25, -0.2) is 0 Å². The standard InChI is InChI=1S/C19H18N4O3/c1-25-16-10-3-2-7-13(16)17-21-18(26-22-17)15-9-6-12-23(15)19(24)14-8-4-5-11-20-14/h2-5,7-8,10-11,15H,6,9,12H2,1H3/t15-/m0/s1. The summed E-state index contributed by atoms with van der Waals surface area (Å²) in [6.07, 6.45) is 3.28. The second-order valence-electron chi connectivity index (χ2n) is 6.03. The van der Waals surface area contributed by atoms with Crippen LogP contribution in [0.5, 0.6) is 5.75 Å². The molecule has 3 aromatic rings. The van der Waals surface area contributed by atoms with Gasteiger partial charge in [-0.15, -0.1) is 0 Å². The monoisotopic (exact) mass is 350 g/mol. The van der Waals surface area contributed by atoms with Crippen LogP contribution in [-0.4, -0.2) is 39.6 Å². The summed E-state index contributed by atoms with van der Waals surface area (Å²) < 4.78 is 10.8. The van der Waals surface area contributed by atoms with Crippen molar-refractivity contribution >= 4 is 5.91 Å². The summed E-state index contributed by atoms with van der Waals surface area (Å²) in [5, 5.41) is 4.09. The van der Waals surface area contributed by atoms with Crippen molar-refractivity contribution in [3.8, 4) is 17.1 Å². The highest BCUT2D eigenvalue weighted by Gasteiger charge is 2.35. The number of nitrogens with zero attached hydrogens (tertiary/aromatic N) is 4. The molecule has 1 amide bonds. The van der Waals surface area contributed by atoms with Crippen LogP contribution in [0.25, 0.3) is 11.4 Å². The van der Waals surface area contributed by atoms with Crippen molar-refractivity contribution < 1.29 is 14.1 Å². The van der Waals surface area contributed by atoms with Crippen LogP contribution in [-0.2, 0) is 0 Å². The summed E-state index contributed by atoms with van der Waals surface area (Å²) in [5.41, 5.74) is 1.18. The number of rotatable bonds is 4. The summed E-state index contributed by atoms with van der Waals surface area (Å²) in [6.45, 7) is 0.645. The molecule has 0 radical (unpaired) electrons. The van der Waals surface area contributed by atoms with Gasteiger partial charge in [0, 0.05) is 12.7 Å². The van der Waals surface area contributed by atoms with Gasteiger partial charge in [-0.2, -0.15) is 4.98 Å². The lowest BCUT2D eigenvalue weighted by atomic mass is 10.2. The molecule has 4 rings (SSSR count). The number of hydrogen-bond acceptors (Lipinski definition) is 6. The normalized spacial score (nSPS) is 16.7. The first-order valence-electron chi connectivity index (χ1n) is 8.47. The summed E-state index contributed by atoms with van der Waals surface area (Å²) in [7, 11) is 1.60. The Bertz CT molecular complexity index is 910. The molecule has 1 fully saturated rings. The van der Waals surface area contributed by atoms with E-state index in [1.807, 2.05) is 24.3 Å². The Kier molecular flexibility index (Phi) is 4.35. The first-order chi connectivity index (χ1) is 12.8. The molecule has 1 aromatic carbocycles. The zero-order valence-electron chi connectivity index (χ0n) is 14.3. The first kappa shape index (κ1) is 16.3. The zero-order chi connectivity index (χ0) is 17.9. The first-order valence-corrected chi connectivity index (χ1v) is 8.47. The van der Waals surface area contributed by atoms with Crippen molar-refractivity contribution in [2.45, 2.75) is 18.9 Å². The number of amides is 1. The Morgan fingerprint density at radius 1 is 1.23 bits per heavy atom. The summed E-state index contributed by atoms with van der Waals surface area (Å²) >= 11 is 0. The minimum Gasteiger partial charge on any atom is -0.496 e. The molecular formula is C19H18N4O3. The third kappa shape index (κ3) is 2.92. The Hall–Kier alpha value is -3.22. The van der Waals surface area contributed by atoms with Crippen LogP contribution >= 0.6 is 0 Å². The van der Waals surface area contributed by atoms with Gasteiger partial charge >= 0.3 is 0 Å². The molecule has 0 N–H and O–H groups in total. The maximum Gasteiger partial charge on any atom is 0.273 e. The molecule has 0 aliphatic carbocycles. The van der Waals surface area contributed by atoms with Crippen LogP contribution in [0.1, 0.15) is 35.3 Å². The van der Waals surface area contributed by atoms with Gasteiger partial charge in [0.2, 0.25) is 11.7 Å². The predicted molar refractivity (Wildman–Crippen MR) is 93.5 cm³/mol. The van der Waals surface area contributed by atoms with Gasteiger partial charge in [0.05, 0.1) is 12.7 Å². The fourth-order valence-corrected chi connectivity index (χ4v) is 3.21. The van der Waals surface area contributed by atoms with Gasteiger partial charge in [-0.05, 0) is 37.1 Å². The highest BCUT2D eigenvalue weighted by atomic mass is 16.5. The highest BCUT2D eigenvalue weighted by molar-refractivity contribution is 5.92. The van der Waals surface area contributed by atoms with E-state index >= 15 is 0 Å². The van der Waals surface area contributed by atoms with Gasteiger partial charge in [0.1, 0.15) is 17.5 Å². The number of carbonyl (C=O) groups is 1. The van der Waals surface area contributed by atoms with Crippen LogP contribution in [0, 0.1) is 0 Å². The van der Waals surface area contributed by atoms with Crippen molar-refractivity contribution in [1.82, 2.24) is 20.0 Å². The molecule has 1 atom stereocenters. The van der Waals surface area contributed by atoms with Crippen LogP contribution in [0.2, 0.25) is 0 Å². The number of hydrogen-bond donors (Lipinski definition) is 0. The molecule has 7 heteroatoms. The van der Waals surface area contributed by atoms with Crippen LogP contribution in [0.3, 0.4) is 0 Å². The molecule has 0 unspecified atom stereocenters. The maximum absolute atomic E-state index is 12.8. The number of ether oxygens (including phenoxy) is 1. The van der Waals surface area contributed by atoms with E-state index in [9.17, 15) is 4.79 Å². The quantitative estimate of drug-likeness (QED) is 0.719. The molecule has 7 nitrogen and oxygen atoms in total. The molecular weight excluding hydrogens is 332 g/mol. The number of likely N-dealkylation sites (tertiary alicyclic amines) is 1. The Balaban J connectivity index is 1.61. The third-order valence-electron chi connectivity index (χ3n) is 4.47. The van der Waals surface area contributed by atoms with E-state index in [1.165, 1.54) is 0 Å². The fourth-order valence-electron chi connectivity index (χ4n) is 3.21. The minimum absolute atomic E-state index is 0.120. The summed E-state index contributed by atoms with van der Waals surface area (Å²) in [6, 6.07) is 12.6. The molecule has 1 saturated heterocycles. The number of benzene rings is 1. The lowest BCUT2D eigenvalue weighted by Gasteiger charge is -2.21. The third-order valence-corrected chi connectivity index (χ3v) is 4.47. The summed E-state index contributed by atoms with van der Waals surface area (Å²) in [4.78, 5) is 23.2. The molecule has 26 heavy (non-hydrogen) atoms. The van der Waals surface area contributed by atoms with E-state index in [2.05, 4.69) is 15.1 Å². The molecule has 3 heterocycles. The number of carbonyl (C=O) groups excluding carboxylic acids is 1. The number of pyridine rings is 1. The Morgan fingerprint density at radius 2 is 2.08 bits per heavy atom. The van der Waals surface area contributed by atoms with Crippen molar-refractivity contribution in [1.29, 1.82) is 0 Å². The molecule has 1 aliphatic rings. The van der Waals surface area contributed by atoms with E-state index in [-0.39, 0.29) is 11.9 Å².